The molecule has 1 aliphatic heterocycles. The van der Waals surface area contributed by atoms with E-state index in [1.54, 1.807) is 0 Å². The Labute approximate surface area is 81.2 Å². The molecule has 1 fully saturated rings. The number of ether oxygens (including phenoxy) is 1. The summed E-state index contributed by atoms with van der Waals surface area (Å²) in [5.74, 6) is 0. The highest BCUT2D eigenvalue weighted by Gasteiger charge is 2.22. The fourth-order valence-corrected chi connectivity index (χ4v) is 1.86. The van der Waals surface area contributed by atoms with Crippen LogP contribution in [0.5, 0.6) is 0 Å². The second-order valence-electron chi connectivity index (χ2n) is 3.99. The van der Waals surface area contributed by atoms with E-state index >= 15 is 0 Å². The van der Waals surface area contributed by atoms with Crippen molar-refractivity contribution in [2.45, 2.75) is 38.8 Å². The van der Waals surface area contributed by atoms with Crippen LogP contribution in [0.15, 0.2) is 0 Å². The van der Waals surface area contributed by atoms with Crippen LogP contribution >= 0.6 is 0 Å². The molecule has 2 N–H and O–H groups in total. The van der Waals surface area contributed by atoms with Crippen LogP contribution in [0.4, 0.5) is 0 Å². The molecule has 1 unspecified atom stereocenters. The summed E-state index contributed by atoms with van der Waals surface area (Å²) >= 11 is 0. The standard InChI is InChI=1S/C10H22N2O/c1-9(2)13-7-6-12-5-3-4-10(12)8-11/h9-10H,3-8,11H2,1-2H3. The molecule has 1 saturated heterocycles. The van der Waals surface area contributed by atoms with E-state index in [0.29, 0.717) is 12.1 Å². The highest BCUT2D eigenvalue weighted by molar-refractivity contribution is 4.79. The van der Waals surface area contributed by atoms with Crippen molar-refractivity contribution in [2.75, 3.05) is 26.2 Å². The van der Waals surface area contributed by atoms with E-state index in [0.717, 1.165) is 19.7 Å². The van der Waals surface area contributed by atoms with Crippen molar-refractivity contribution >= 4 is 0 Å². The maximum Gasteiger partial charge on any atom is 0.0597 e. The lowest BCUT2D eigenvalue weighted by Crippen LogP contribution is -2.37. The predicted octanol–water partition coefficient (Wildman–Crippen LogP) is 0.835. The van der Waals surface area contributed by atoms with Crippen molar-refractivity contribution in [3.63, 3.8) is 0 Å². The maximum atomic E-state index is 5.67. The molecule has 0 amide bonds. The molecule has 0 bridgehead atoms. The predicted molar refractivity (Wildman–Crippen MR) is 54.7 cm³/mol. The summed E-state index contributed by atoms with van der Waals surface area (Å²) in [4.78, 5) is 2.45. The molecule has 13 heavy (non-hydrogen) atoms. The largest absolute Gasteiger partial charge is 0.377 e. The number of hydrogen-bond donors (Lipinski definition) is 1. The summed E-state index contributed by atoms with van der Waals surface area (Å²) < 4.78 is 5.51. The van der Waals surface area contributed by atoms with Crippen LogP contribution in [0.2, 0.25) is 0 Å². The zero-order chi connectivity index (χ0) is 9.68. The molecule has 1 atom stereocenters. The number of nitrogens with zero attached hydrogens (tertiary/aromatic N) is 1. The minimum absolute atomic E-state index is 0.346. The molecule has 1 heterocycles. The number of rotatable bonds is 5. The molecule has 3 nitrogen and oxygen atoms in total. The average molecular weight is 186 g/mol. The van der Waals surface area contributed by atoms with Crippen molar-refractivity contribution < 1.29 is 4.74 Å². The van der Waals surface area contributed by atoms with E-state index in [9.17, 15) is 0 Å². The number of likely N-dealkylation sites (tertiary alicyclic amines) is 1. The molecule has 1 aliphatic rings. The van der Waals surface area contributed by atoms with Gasteiger partial charge < -0.3 is 10.5 Å². The second kappa shape index (κ2) is 5.58. The van der Waals surface area contributed by atoms with Gasteiger partial charge in [0.25, 0.3) is 0 Å². The van der Waals surface area contributed by atoms with Gasteiger partial charge in [0.15, 0.2) is 0 Å². The summed E-state index contributed by atoms with van der Waals surface area (Å²) in [6, 6.07) is 0.607. The van der Waals surface area contributed by atoms with Crippen LogP contribution in [0.1, 0.15) is 26.7 Å². The van der Waals surface area contributed by atoms with Crippen LogP contribution in [0.25, 0.3) is 0 Å². The Bertz CT molecular complexity index is 139. The van der Waals surface area contributed by atoms with Gasteiger partial charge in [-0.3, -0.25) is 4.90 Å². The van der Waals surface area contributed by atoms with Gasteiger partial charge >= 0.3 is 0 Å². The molecule has 0 aliphatic carbocycles. The minimum Gasteiger partial charge on any atom is -0.377 e. The third-order valence-electron chi connectivity index (χ3n) is 2.60. The van der Waals surface area contributed by atoms with Gasteiger partial charge in [0.2, 0.25) is 0 Å². The Kier molecular flexibility index (Phi) is 4.70. The van der Waals surface area contributed by atoms with E-state index in [-0.39, 0.29) is 0 Å². The van der Waals surface area contributed by atoms with Crippen molar-refractivity contribution in [1.82, 2.24) is 4.90 Å². The lowest BCUT2D eigenvalue weighted by molar-refractivity contribution is 0.0570. The molecular formula is C10H22N2O. The summed E-state index contributed by atoms with van der Waals surface area (Å²) in [7, 11) is 0. The van der Waals surface area contributed by atoms with Gasteiger partial charge in [-0.15, -0.1) is 0 Å². The quantitative estimate of drug-likeness (QED) is 0.691. The lowest BCUT2D eigenvalue weighted by atomic mass is 10.2. The molecule has 0 radical (unpaired) electrons. The van der Waals surface area contributed by atoms with Gasteiger partial charge in [-0.25, -0.2) is 0 Å². The van der Waals surface area contributed by atoms with Gasteiger partial charge in [0.1, 0.15) is 0 Å². The van der Waals surface area contributed by atoms with Crippen molar-refractivity contribution in [2.24, 2.45) is 5.73 Å². The normalized spacial score (nSPS) is 24.5. The zero-order valence-electron chi connectivity index (χ0n) is 8.83. The molecule has 3 heteroatoms. The first-order valence-electron chi connectivity index (χ1n) is 5.29. The highest BCUT2D eigenvalue weighted by Crippen LogP contribution is 2.15. The van der Waals surface area contributed by atoms with Crippen LogP contribution < -0.4 is 5.73 Å². The van der Waals surface area contributed by atoms with Gasteiger partial charge in [0.05, 0.1) is 12.7 Å². The summed E-state index contributed by atoms with van der Waals surface area (Å²) in [5.41, 5.74) is 5.67. The van der Waals surface area contributed by atoms with Gasteiger partial charge in [-0.2, -0.15) is 0 Å². The number of nitrogens with two attached hydrogens (primary N) is 1. The summed E-state index contributed by atoms with van der Waals surface area (Å²) in [6.45, 7) is 8.02. The van der Waals surface area contributed by atoms with Crippen LogP contribution in [0, 0.1) is 0 Å². The average Bonchev–Trinajstić information content (AvgIpc) is 2.51. The molecule has 0 aromatic heterocycles. The van der Waals surface area contributed by atoms with E-state index < -0.39 is 0 Å². The van der Waals surface area contributed by atoms with Gasteiger partial charge in [-0.05, 0) is 33.2 Å². The van der Waals surface area contributed by atoms with Crippen molar-refractivity contribution in [3.05, 3.63) is 0 Å². The monoisotopic (exact) mass is 186 g/mol. The van der Waals surface area contributed by atoms with Crippen molar-refractivity contribution in [3.8, 4) is 0 Å². The SMILES string of the molecule is CC(C)OCCN1CCCC1CN. The summed E-state index contributed by atoms with van der Waals surface area (Å²) in [5, 5.41) is 0. The Hall–Kier alpha value is -0.120. The van der Waals surface area contributed by atoms with E-state index in [4.69, 9.17) is 10.5 Å². The fourth-order valence-electron chi connectivity index (χ4n) is 1.86. The van der Waals surface area contributed by atoms with Crippen molar-refractivity contribution in [1.29, 1.82) is 0 Å². The number of hydrogen-bond acceptors (Lipinski definition) is 3. The molecule has 0 aromatic rings. The second-order valence-corrected chi connectivity index (χ2v) is 3.99. The summed E-state index contributed by atoms with van der Waals surface area (Å²) in [6.07, 6.45) is 2.90. The molecule has 1 rings (SSSR count). The smallest absolute Gasteiger partial charge is 0.0597 e. The van der Waals surface area contributed by atoms with Gasteiger partial charge in [0, 0.05) is 19.1 Å². The lowest BCUT2D eigenvalue weighted by Gasteiger charge is -2.23. The zero-order valence-corrected chi connectivity index (χ0v) is 8.83. The molecular weight excluding hydrogens is 164 g/mol. The first-order valence-corrected chi connectivity index (χ1v) is 5.29. The Morgan fingerprint density at radius 2 is 2.31 bits per heavy atom. The Morgan fingerprint density at radius 3 is 2.92 bits per heavy atom. The van der Waals surface area contributed by atoms with E-state index in [1.165, 1.54) is 19.4 Å². The third kappa shape index (κ3) is 3.63. The van der Waals surface area contributed by atoms with Gasteiger partial charge in [-0.1, -0.05) is 0 Å². The molecule has 0 spiro atoms. The molecule has 0 saturated carbocycles. The van der Waals surface area contributed by atoms with Crippen LogP contribution in [-0.4, -0.2) is 43.3 Å². The maximum absolute atomic E-state index is 5.67. The first-order chi connectivity index (χ1) is 6.24. The van der Waals surface area contributed by atoms with E-state index in [1.807, 2.05) is 0 Å². The van der Waals surface area contributed by atoms with Crippen LogP contribution in [-0.2, 0) is 4.74 Å². The molecule has 0 aromatic carbocycles. The fraction of sp³-hybridized carbons (Fsp3) is 1.00. The first kappa shape index (κ1) is 11.0. The Morgan fingerprint density at radius 1 is 1.54 bits per heavy atom. The van der Waals surface area contributed by atoms with Crippen LogP contribution in [0.3, 0.4) is 0 Å². The Balaban J connectivity index is 2.13. The molecule has 78 valence electrons. The topological polar surface area (TPSA) is 38.5 Å². The third-order valence-corrected chi connectivity index (χ3v) is 2.60. The highest BCUT2D eigenvalue weighted by atomic mass is 16.5. The minimum atomic E-state index is 0.346. The van der Waals surface area contributed by atoms with E-state index in [2.05, 4.69) is 18.7 Å².